The number of nitrogens with two attached hydrogens (primary N) is 1. The Balaban J connectivity index is 0. The molecule has 0 fully saturated rings. The van der Waals surface area contributed by atoms with Gasteiger partial charge in [-0.1, -0.05) is 48.0 Å². The predicted octanol–water partition coefficient (Wildman–Crippen LogP) is 2.96. The van der Waals surface area contributed by atoms with Crippen molar-refractivity contribution < 1.29 is 4.79 Å². The highest BCUT2D eigenvalue weighted by molar-refractivity contribution is 5.77. The van der Waals surface area contributed by atoms with Crippen molar-refractivity contribution in [2.24, 2.45) is 17.1 Å². The SMILES string of the molecule is CC.CCC(C(N)=O)C(C)(C)CC. The maximum absolute atomic E-state index is 11.0. The van der Waals surface area contributed by atoms with Crippen molar-refractivity contribution in [2.75, 3.05) is 0 Å². The minimum absolute atomic E-state index is 0.0208. The number of carbonyl (C=O) groups is 1. The van der Waals surface area contributed by atoms with E-state index in [0.717, 1.165) is 12.8 Å². The number of hydrogen-bond donors (Lipinski definition) is 1. The second-order valence-corrected chi connectivity index (χ2v) is 3.71. The Morgan fingerprint density at radius 2 is 1.69 bits per heavy atom. The molecule has 0 aliphatic rings. The Morgan fingerprint density at radius 3 is 1.77 bits per heavy atom. The first-order valence-electron chi connectivity index (χ1n) is 5.25. The zero-order valence-corrected chi connectivity index (χ0v) is 9.98. The van der Waals surface area contributed by atoms with Gasteiger partial charge in [0.15, 0.2) is 0 Å². The first-order chi connectivity index (χ1) is 5.95. The first-order valence-corrected chi connectivity index (χ1v) is 5.25. The lowest BCUT2D eigenvalue weighted by Gasteiger charge is -2.30. The van der Waals surface area contributed by atoms with E-state index in [1.807, 2.05) is 20.8 Å². The van der Waals surface area contributed by atoms with Gasteiger partial charge in [-0.15, -0.1) is 0 Å². The largest absolute Gasteiger partial charge is 0.369 e. The van der Waals surface area contributed by atoms with E-state index in [-0.39, 0.29) is 17.2 Å². The molecule has 0 saturated carbocycles. The van der Waals surface area contributed by atoms with Crippen LogP contribution in [0.15, 0.2) is 0 Å². The van der Waals surface area contributed by atoms with Gasteiger partial charge in [0.1, 0.15) is 0 Å². The standard InChI is InChI=1S/C9H19NO.C2H6/c1-5-7(8(10)11)9(3,4)6-2;1-2/h7H,5-6H2,1-4H3,(H2,10,11);1-2H3. The summed E-state index contributed by atoms with van der Waals surface area (Å²) in [6.45, 7) is 12.3. The fraction of sp³-hybridized carbons (Fsp3) is 0.909. The molecule has 13 heavy (non-hydrogen) atoms. The van der Waals surface area contributed by atoms with Gasteiger partial charge in [0.25, 0.3) is 0 Å². The molecular formula is C11H25NO. The molecule has 0 heterocycles. The fourth-order valence-corrected chi connectivity index (χ4v) is 1.39. The van der Waals surface area contributed by atoms with E-state index in [2.05, 4.69) is 20.8 Å². The van der Waals surface area contributed by atoms with Crippen molar-refractivity contribution in [3.05, 3.63) is 0 Å². The number of primary amides is 1. The third-order valence-corrected chi connectivity index (χ3v) is 2.61. The Labute approximate surface area is 82.9 Å². The highest BCUT2D eigenvalue weighted by atomic mass is 16.1. The van der Waals surface area contributed by atoms with Crippen LogP contribution in [0.3, 0.4) is 0 Å². The molecule has 0 rings (SSSR count). The van der Waals surface area contributed by atoms with E-state index < -0.39 is 0 Å². The normalized spacial score (nSPS) is 12.8. The van der Waals surface area contributed by atoms with E-state index in [1.165, 1.54) is 0 Å². The second kappa shape index (κ2) is 6.93. The van der Waals surface area contributed by atoms with Gasteiger partial charge in [-0.3, -0.25) is 4.79 Å². The van der Waals surface area contributed by atoms with Gasteiger partial charge in [0, 0.05) is 5.92 Å². The molecule has 2 nitrogen and oxygen atoms in total. The summed E-state index contributed by atoms with van der Waals surface area (Å²) < 4.78 is 0. The average molecular weight is 187 g/mol. The molecule has 0 aliphatic carbocycles. The molecule has 0 spiro atoms. The number of amides is 1. The minimum Gasteiger partial charge on any atom is -0.369 e. The number of hydrogen-bond acceptors (Lipinski definition) is 1. The Bertz CT molecular complexity index is 141. The molecule has 0 bridgehead atoms. The van der Waals surface area contributed by atoms with Gasteiger partial charge in [-0.25, -0.2) is 0 Å². The topological polar surface area (TPSA) is 43.1 Å². The van der Waals surface area contributed by atoms with Crippen molar-refractivity contribution >= 4 is 5.91 Å². The van der Waals surface area contributed by atoms with Gasteiger partial charge in [-0.05, 0) is 11.8 Å². The summed E-state index contributed by atoms with van der Waals surface area (Å²) in [5, 5.41) is 0. The summed E-state index contributed by atoms with van der Waals surface area (Å²) >= 11 is 0. The molecule has 0 saturated heterocycles. The van der Waals surface area contributed by atoms with E-state index in [4.69, 9.17) is 5.73 Å². The molecule has 0 radical (unpaired) electrons. The van der Waals surface area contributed by atoms with Crippen LogP contribution in [0.4, 0.5) is 0 Å². The molecule has 1 atom stereocenters. The lowest BCUT2D eigenvalue weighted by Crippen LogP contribution is -2.34. The highest BCUT2D eigenvalue weighted by Gasteiger charge is 2.30. The van der Waals surface area contributed by atoms with E-state index in [0.29, 0.717) is 0 Å². The summed E-state index contributed by atoms with van der Waals surface area (Å²) in [5.74, 6) is -0.146. The molecule has 1 unspecified atom stereocenters. The second-order valence-electron chi connectivity index (χ2n) is 3.71. The van der Waals surface area contributed by atoms with Gasteiger partial charge >= 0.3 is 0 Å². The van der Waals surface area contributed by atoms with Crippen LogP contribution >= 0.6 is 0 Å². The zero-order valence-electron chi connectivity index (χ0n) is 9.98. The average Bonchev–Trinajstić information content (AvgIpc) is 2.08. The molecular weight excluding hydrogens is 162 g/mol. The molecule has 1 amide bonds. The van der Waals surface area contributed by atoms with Gasteiger partial charge in [0.2, 0.25) is 5.91 Å². The maximum Gasteiger partial charge on any atom is 0.221 e. The number of carbonyl (C=O) groups excluding carboxylic acids is 1. The fourth-order valence-electron chi connectivity index (χ4n) is 1.39. The summed E-state index contributed by atoms with van der Waals surface area (Å²) in [4.78, 5) is 11.0. The van der Waals surface area contributed by atoms with E-state index in [1.54, 1.807) is 0 Å². The Hall–Kier alpha value is -0.530. The van der Waals surface area contributed by atoms with Crippen LogP contribution in [0.2, 0.25) is 0 Å². The summed E-state index contributed by atoms with van der Waals surface area (Å²) in [5.41, 5.74) is 5.33. The van der Waals surface area contributed by atoms with Crippen molar-refractivity contribution in [2.45, 2.75) is 54.4 Å². The van der Waals surface area contributed by atoms with Gasteiger partial charge < -0.3 is 5.73 Å². The van der Waals surface area contributed by atoms with Crippen molar-refractivity contribution in [1.82, 2.24) is 0 Å². The van der Waals surface area contributed by atoms with Crippen LogP contribution in [0.1, 0.15) is 54.4 Å². The molecule has 0 aromatic rings. The molecule has 0 aromatic carbocycles. The highest BCUT2D eigenvalue weighted by Crippen LogP contribution is 2.32. The summed E-state index contributed by atoms with van der Waals surface area (Å²) in [7, 11) is 0. The molecule has 2 heteroatoms. The smallest absolute Gasteiger partial charge is 0.221 e. The van der Waals surface area contributed by atoms with Gasteiger partial charge in [0.05, 0.1) is 0 Å². The van der Waals surface area contributed by atoms with Crippen molar-refractivity contribution in [3.8, 4) is 0 Å². The van der Waals surface area contributed by atoms with Gasteiger partial charge in [-0.2, -0.15) is 0 Å². The molecule has 2 N–H and O–H groups in total. The summed E-state index contributed by atoms with van der Waals surface area (Å²) in [6.07, 6.45) is 1.84. The van der Waals surface area contributed by atoms with E-state index >= 15 is 0 Å². The lowest BCUT2D eigenvalue weighted by molar-refractivity contribution is -0.125. The maximum atomic E-state index is 11.0. The Morgan fingerprint density at radius 1 is 1.31 bits per heavy atom. The Kier molecular flexibility index (Phi) is 7.98. The third kappa shape index (κ3) is 4.91. The van der Waals surface area contributed by atoms with Crippen LogP contribution < -0.4 is 5.73 Å². The molecule has 0 aromatic heterocycles. The molecule has 80 valence electrons. The van der Waals surface area contributed by atoms with Crippen LogP contribution in [0.25, 0.3) is 0 Å². The van der Waals surface area contributed by atoms with Crippen LogP contribution in [-0.4, -0.2) is 5.91 Å². The lowest BCUT2D eigenvalue weighted by atomic mass is 9.75. The van der Waals surface area contributed by atoms with Crippen LogP contribution in [-0.2, 0) is 4.79 Å². The minimum atomic E-state index is -0.167. The van der Waals surface area contributed by atoms with E-state index in [9.17, 15) is 4.79 Å². The third-order valence-electron chi connectivity index (χ3n) is 2.61. The zero-order chi connectivity index (χ0) is 11.1. The summed E-state index contributed by atoms with van der Waals surface area (Å²) in [6, 6.07) is 0. The monoisotopic (exact) mass is 187 g/mol. The van der Waals surface area contributed by atoms with Crippen molar-refractivity contribution in [1.29, 1.82) is 0 Å². The van der Waals surface area contributed by atoms with Crippen LogP contribution in [0.5, 0.6) is 0 Å². The van der Waals surface area contributed by atoms with Crippen molar-refractivity contribution in [3.63, 3.8) is 0 Å². The first kappa shape index (κ1) is 15.0. The predicted molar refractivity (Wildman–Crippen MR) is 58.4 cm³/mol. The van der Waals surface area contributed by atoms with Crippen LogP contribution in [0, 0.1) is 11.3 Å². The quantitative estimate of drug-likeness (QED) is 0.722. The molecule has 0 aliphatic heterocycles. The number of rotatable bonds is 4.